The van der Waals surface area contributed by atoms with Crippen molar-refractivity contribution in [3.05, 3.63) is 266 Å². The highest BCUT2D eigenvalue weighted by molar-refractivity contribution is 6.14. The van der Waals surface area contributed by atoms with Gasteiger partial charge in [-0.05, 0) is 154 Å². The van der Waals surface area contributed by atoms with E-state index < -0.39 is 0 Å². The number of nitrogens with one attached hydrogen (secondary N) is 1. The molecule has 2 aromatic heterocycles. The van der Waals surface area contributed by atoms with Crippen molar-refractivity contribution in [3.63, 3.8) is 0 Å². The summed E-state index contributed by atoms with van der Waals surface area (Å²) in [4.78, 5) is 2.31. The Morgan fingerprint density at radius 3 is 1.06 bits per heavy atom. The van der Waals surface area contributed by atoms with Crippen LogP contribution in [0.25, 0.3) is 94.1 Å². The van der Waals surface area contributed by atoms with Gasteiger partial charge in [-0.3, -0.25) is 0 Å². The van der Waals surface area contributed by atoms with Crippen LogP contribution >= 0.6 is 0 Å². The van der Waals surface area contributed by atoms with Crippen LogP contribution in [-0.2, 0) is 0 Å². The van der Waals surface area contributed by atoms with Gasteiger partial charge in [0.2, 0.25) is 0 Å². The molecule has 0 atom stereocenters. The first-order valence-electron chi connectivity index (χ1n) is 23.7. The average molecular weight is 883 g/mol. The van der Waals surface area contributed by atoms with Gasteiger partial charge in [-0.15, -0.1) is 0 Å². The molecule has 326 valence electrons. The third-order valence-electron chi connectivity index (χ3n) is 13.7. The first kappa shape index (κ1) is 40.2. The maximum atomic E-state index is 3.51. The third kappa shape index (κ3) is 7.18. The molecule has 0 aliphatic carbocycles. The van der Waals surface area contributed by atoms with Crippen LogP contribution < -0.4 is 10.2 Å². The quantitative estimate of drug-likeness (QED) is 0.156. The van der Waals surface area contributed by atoms with Crippen molar-refractivity contribution >= 4 is 66.4 Å². The first-order chi connectivity index (χ1) is 34.2. The molecule has 1 N–H and O–H groups in total. The highest BCUT2D eigenvalue weighted by Crippen LogP contribution is 2.42. The van der Waals surface area contributed by atoms with Crippen LogP contribution in [0.3, 0.4) is 0 Å². The largest absolute Gasteiger partial charge is 0.381 e. The van der Waals surface area contributed by atoms with Gasteiger partial charge in [0, 0.05) is 62.2 Å². The minimum Gasteiger partial charge on any atom is -0.381 e. The van der Waals surface area contributed by atoms with Crippen LogP contribution in [0, 0.1) is 0 Å². The molecule has 10 aromatic carbocycles. The van der Waals surface area contributed by atoms with Crippen LogP contribution in [-0.4, -0.2) is 15.7 Å². The molecule has 0 amide bonds. The van der Waals surface area contributed by atoms with Gasteiger partial charge in [-0.25, -0.2) is 0 Å². The number of rotatable bonds is 9. The van der Waals surface area contributed by atoms with Gasteiger partial charge < -0.3 is 19.4 Å². The van der Waals surface area contributed by atoms with E-state index in [0.717, 1.165) is 40.7 Å². The Balaban J connectivity index is 0.961. The molecule has 4 nitrogen and oxygen atoms in total. The molecule has 0 spiro atoms. The van der Waals surface area contributed by atoms with Crippen molar-refractivity contribution in [2.75, 3.05) is 11.4 Å². The monoisotopic (exact) mass is 882 g/mol. The van der Waals surface area contributed by atoms with Crippen molar-refractivity contribution in [1.29, 1.82) is 0 Å². The molecule has 0 saturated carbocycles. The summed E-state index contributed by atoms with van der Waals surface area (Å²) in [5.41, 5.74) is 19.8. The fraction of sp³-hybridized carbons (Fsp3) is 0.0154. The topological polar surface area (TPSA) is 25.1 Å². The molecule has 1 aliphatic heterocycles. The van der Waals surface area contributed by atoms with Crippen molar-refractivity contribution in [2.45, 2.75) is 0 Å². The number of nitrogens with zero attached hydrogens (tertiary/aromatic N) is 3. The Labute approximate surface area is 401 Å². The average Bonchev–Trinajstić information content (AvgIpc) is 3.94. The van der Waals surface area contributed by atoms with Crippen molar-refractivity contribution < 1.29 is 0 Å². The number of para-hydroxylation sites is 2. The van der Waals surface area contributed by atoms with Crippen LogP contribution in [0.2, 0.25) is 0 Å². The van der Waals surface area contributed by atoms with Crippen LogP contribution in [0.4, 0.5) is 17.1 Å². The summed E-state index contributed by atoms with van der Waals surface area (Å²) in [5.74, 6) is 0. The van der Waals surface area contributed by atoms with Gasteiger partial charge in [-0.1, -0.05) is 146 Å². The predicted molar refractivity (Wildman–Crippen MR) is 291 cm³/mol. The molecule has 12 aromatic rings. The van der Waals surface area contributed by atoms with Gasteiger partial charge in [0.1, 0.15) is 0 Å². The zero-order chi connectivity index (χ0) is 45.7. The second-order valence-corrected chi connectivity index (χ2v) is 17.8. The van der Waals surface area contributed by atoms with Crippen molar-refractivity contribution in [3.8, 4) is 44.8 Å². The van der Waals surface area contributed by atoms with E-state index in [4.69, 9.17) is 0 Å². The molecule has 4 heteroatoms. The van der Waals surface area contributed by atoms with Gasteiger partial charge in [0.25, 0.3) is 0 Å². The molecule has 3 heterocycles. The van der Waals surface area contributed by atoms with E-state index in [2.05, 4.69) is 280 Å². The highest BCUT2D eigenvalue weighted by Gasteiger charge is 2.19. The Bertz CT molecular complexity index is 3860. The van der Waals surface area contributed by atoms with Crippen LogP contribution in [0.5, 0.6) is 0 Å². The fourth-order valence-corrected chi connectivity index (χ4v) is 10.4. The lowest BCUT2D eigenvalue weighted by molar-refractivity contribution is 0.995. The van der Waals surface area contributed by atoms with Gasteiger partial charge in [0.05, 0.1) is 22.1 Å². The number of fused-ring (bicyclic) bond motifs is 6. The van der Waals surface area contributed by atoms with Gasteiger partial charge in [-0.2, -0.15) is 0 Å². The summed E-state index contributed by atoms with van der Waals surface area (Å²) in [6, 6.07) is 88.4. The number of anilines is 3. The van der Waals surface area contributed by atoms with E-state index in [1.54, 1.807) is 0 Å². The smallest absolute Gasteiger partial charge is 0.0541 e. The van der Waals surface area contributed by atoms with E-state index in [1.165, 1.54) is 82.6 Å². The minimum atomic E-state index is 0.841. The SMILES string of the molecule is C1=CCNC(c2ccc(-n3c4ccc(-c5ccccc5)cc4c4cc(-c5ccc6c(c5)c5cc(-c7ccccc7)ccc5n6-c5ccc(N(c6ccccc6)c6ccccc6)cc5)ccc43)cc2)=C1. The predicted octanol–water partition coefficient (Wildman–Crippen LogP) is 16.9. The molecule has 1 aliphatic rings. The Morgan fingerprint density at radius 2 is 0.667 bits per heavy atom. The number of hydrogen-bond donors (Lipinski definition) is 1. The minimum absolute atomic E-state index is 0.841. The Kier molecular flexibility index (Phi) is 9.87. The van der Waals surface area contributed by atoms with E-state index in [9.17, 15) is 0 Å². The Hall–Kier alpha value is -9.12. The maximum absolute atomic E-state index is 3.51. The number of benzene rings is 10. The lowest BCUT2D eigenvalue weighted by Crippen LogP contribution is -2.14. The highest BCUT2D eigenvalue weighted by atomic mass is 15.1. The summed E-state index contributed by atoms with van der Waals surface area (Å²) in [6.07, 6.45) is 6.41. The molecule has 0 bridgehead atoms. The third-order valence-corrected chi connectivity index (χ3v) is 13.7. The molecule has 0 saturated heterocycles. The molecule has 69 heavy (non-hydrogen) atoms. The lowest BCUT2D eigenvalue weighted by Gasteiger charge is -2.25. The van der Waals surface area contributed by atoms with E-state index in [1.807, 2.05) is 0 Å². The van der Waals surface area contributed by atoms with E-state index in [0.29, 0.717) is 0 Å². The molecule has 13 rings (SSSR count). The molecular weight excluding hydrogens is 837 g/mol. The number of hydrogen-bond acceptors (Lipinski definition) is 2. The standard InChI is InChI=1S/C65H46N4/c1-5-15-45(16-6-1)48-26-36-62-57(41-48)59-43-50(28-38-64(59)68(62)55-30-24-47(25-31-55)61-23-13-14-40-66-61)51-29-39-65-60(44-51)58-42-49(46-17-7-2-8-18-46)27-37-63(58)69(65)56-34-32-54(33-35-56)67(52-19-9-3-10-20-52)53-21-11-4-12-22-53/h1-39,41-44,66H,40H2. The summed E-state index contributed by atoms with van der Waals surface area (Å²) in [7, 11) is 0. The van der Waals surface area contributed by atoms with E-state index in [-0.39, 0.29) is 0 Å². The van der Waals surface area contributed by atoms with Crippen LogP contribution in [0.1, 0.15) is 5.56 Å². The first-order valence-corrected chi connectivity index (χ1v) is 23.7. The summed E-state index contributed by atoms with van der Waals surface area (Å²) < 4.78 is 4.84. The zero-order valence-corrected chi connectivity index (χ0v) is 37.9. The van der Waals surface area contributed by atoms with Crippen molar-refractivity contribution in [1.82, 2.24) is 14.5 Å². The zero-order valence-electron chi connectivity index (χ0n) is 37.9. The normalized spacial score (nSPS) is 12.4. The molecule has 0 radical (unpaired) electrons. The maximum Gasteiger partial charge on any atom is 0.0541 e. The molecule has 0 unspecified atom stereocenters. The van der Waals surface area contributed by atoms with Gasteiger partial charge in [0.15, 0.2) is 0 Å². The Morgan fingerprint density at radius 1 is 0.319 bits per heavy atom. The molecular formula is C65H46N4. The van der Waals surface area contributed by atoms with Crippen LogP contribution in [0.15, 0.2) is 261 Å². The molecule has 0 fully saturated rings. The second kappa shape index (κ2) is 16.9. The second-order valence-electron chi connectivity index (χ2n) is 17.8. The number of allylic oxidation sites excluding steroid dienone is 2. The lowest BCUT2D eigenvalue weighted by atomic mass is 9.98. The van der Waals surface area contributed by atoms with Gasteiger partial charge >= 0.3 is 0 Å². The summed E-state index contributed by atoms with van der Waals surface area (Å²) in [5, 5.41) is 8.40. The summed E-state index contributed by atoms with van der Waals surface area (Å²) in [6.45, 7) is 0.841. The van der Waals surface area contributed by atoms with Crippen molar-refractivity contribution in [2.24, 2.45) is 0 Å². The number of aromatic nitrogens is 2. The van der Waals surface area contributed by atoms with E-state index >= 15 is 0 Å². The number of dihydropyridines is 1. The fourth-order valence-electron chi connectivity index (χ4n) is 10.4. The summed E-state index contributed by atoms with van der Waals surface area (Å²) >= 11 is 0.